The first-order chi connectivity index (χ1) is 18.3. The molecule has 0 radical (unpaired) electrons. The minimum atomic E-state index is -1.63. The van der Waals surface area contributed by atoms with Crippen molar-refractivity contribution in [3.8, 4) is 11.5 Å². The molecule has 2 atom stereocenters. The van der Waals surface area contributed by atoms with Crippen LogP contribution in [0.25, 0.3) is 0 Å². The summed E-state index contributed by atoms with van der Waals surface area (Å²) in [5.41, 5.74) is 5.65. The van der Waals surface area contributed by atoms with Crippen molar-refractivity contribution in [3.63, 3.8) is 0 Å². The predicted octanol–water partition coefficient (Wildman–Crippen LogP) is 4.58. The summed E-state index contributed by atoms with van der Waals surface area (Å²) in [7, 11) is 1.19. The van der Waals surface area contributed by atoms with E-state index in [0.29, 0.717) is 11.1 Å². The number of esters is 2. The minimum Gasteiger partial charge on any atom is -0.468 e. The van der Waals surface area contributed by atoms with Crippen LogP contribution in [0.5, 0.6) is 11.5 Å². The Labute approximate surface area is 227 Å². The summed E-state index contributed by atoms with van der Waals surface area (Å²) in [5.74, 6) is -1.58. The zero-order valence-electron chi connectivity index (χ0n) is 22.9. The molecule has 212 valence electrons. The summed E-state index contributed by atoms with van der Waals surface area (Å²) in [4.78, 5) is 49.5. The number of hydrogen-bond acceptors (Lipinski definition) is 11. The van der Waals surface area contributed by atoms with Crippen molar-refractivity contribution in [3.05, 3.63) is 59.7 Å². The van der Waals surface area contributed by atoms with Crippen molar-refractivity contribution in [2.24, 2.45) is 5.73 Å². The lowest BCUT2D eigenvalue weighted by atomic mass is 9.86. The molecule has 0 aliphatic rings. The highest BCUT2D eigenvalue weighted by atomic mass is 16.7. The second kappa shape index (κ2) is 14.1. The third-order valence-electron chi connectivity index (χ3n) is 5.14. The topological polar surface area (TPSA) is 150 Å². The SMILES string of the molecule is COC(=O)C(N)(Cc1ccc(OC(=O)OC(C)C)c(OC(=O)OC(C)C)c1)C[C@H](C)OC(=O)c1ccccc1. The maximum atomic E-state index is 12.7. The number of ether oxygens (including phenoxy) is 6. The van der Waals surface area contributed by atoms with Gasteiger partial charge in [-0.05, 0) is 64.4 Å². The van der Waals surface area contributed by atoms with Gasteiger partial charge in [0.05, 0.1) is 24.9 Å². The van der Waals surface area contributed by atoms with Gasteiger partial charge in [-0.3, -0.25) is 4.79 Å². The molecule has 0 spiro atoms. The fourth-order valence-electron chi connectivity index (χ4n) is 3.61. The Hall–Kier alpha value is -4.12. The van der Waals surface area contributed by atoms with Gasteiger partial charge >= 0.3 is 24.2 Å². The minimum absolute atomic E-state index is 0.0806. The molecule has 2 aromatic carbocycles. The number of nitrogens with two attached hydrogens (primary N) is 1. The summed E-state index contributed by atoms with van der Waals surface area (Å²) >= 11 is 0. The maximum absolute atomic E-state index is 12.7. The first kappa shape index (κ1) is 31.1. The van der Waals surface area contributed by atoms with Crippen LogP contribution in [0.3, 0.4) is 0 Å². The van der Waals surface area contributed by atoms with Crippen LogP contribution in [-0.4, -0.2) is 55.2 Å². The lowest BCUT2D eigenvalue weighted by Crippen LogP contribution is -2.53. The van der Waals surface area contributed by atoms with Gasteiger partial charge in [0, 0.05) is 12.8 Å². The van der Waals surface area contributed by atoms with E-state index in [0.717, 1.165) is 0 Å². The van der Waals surface area contributed by atoms with Crippen LogP contribution in [0.4, 0.5) is 9.59 Å². The van der Waals surface area contributed by atoms with Crippen molar-refractivity contribution < 1.29 is 47.6 Å². The third-order valence-corrected chi connectivity index (χ3v) is 5.14. The Bertz CT molecular complexity index is 1150. The van der Waals surface area contributed by atoms with Gasteiger partial charge in [0.1, 0.15) is 11.6 Å². The highest BCUT2D eigenvalue weighted by molar-refractivity contribution is 5.89. The van der Waals surface area contributed by atoms with Crippen molar-refractivity contribution >= 4 is 24.2 Å². The predicted molar refractivity (Wildman–Crippen MR) is 140 cm³/mol. The highest BCUT2D eigenvalue weighted by Gasteiger charge is 2.38. The Kier molecular flexibility index (Phi) is 11.3. The van der Waals surface area contributed by atoms with Crippen LogP contribution in [0.2, 0.25) is 0 Å². The standard InChI is InChI=1S/C28H35NO10/c1-17(2)35-26(32)38-22-13-12-20(14-23(22)39-27(33)36-18(3)4)16-28(29,25(31)34-6)15-19(5)37-24(30)21-10-8-7-9-11-21/h7-14,17-19H,15-16,29H2,1-6H3/t19-,28?/m0/s1. The average molecular weight is 546 g/mol. The van der Waals surface area contributed by atoms with Crippen LogP contribution in [-0.2, 0) is 30.2 Å². The zero-order chi connectivity index (χ0) is 29.2. The van der Waals surface area contributed by atoms with E-state index < -0.39 is 48.1 Å². The molecule has 11 nitrogen and oxygen atoms in total. The van der Waals surface area contributed by atoms with E-state index in [1.54, 1.807) is 65.0 Å². The summed E-state index contributed by atoms with van der Waals surface area (Å²) in [6.45, 7) is 8.18. The Balaban J connectivity index is 2.30. The molecule has 2 N–H and O–H groups in total. The normalized spacial score (nSPS) is 13.2. The lowest BCUT2D eigenvalue weighted by molar-refractivity contribution is -0.148. The molecule has 1 unspecified atom stereocenters. The summed E-state index contributed by atoms with van der Waals surface area (Å²) in [5, 5.41) is 0. The molecule has 0 aliphatic heterocycles. The first-order valence-electron chi connectivity index (χ1n) is 12.4. The molecule has 0 amide bonds. The second-order valence-electron chi connectivity index (χ2n) is 9.43. The summed E-state index contributed by atoms with van der Waals surface area (Å²) in [6.07, 6.45) is -3.88. The van der Waals surface area contributed by atoms with E-state index in [2.05, 4.69) is 0 Å². The number of methoxy groups -OCH3 is 1. The smallest absolute Gasteiger partial charge is 0.468 e. The number of benzene rings is 2. The van der Waals surface area contributed by atoms with Crippen LogP contribution >= 0.6 is 0 Å². The maximum Gasteiger partial charge on any atom is 0.514 e. The largest absolute Gasteiger partial charge is 0.514 e. The van der Waals surface area contributed by atoms with Gasteiger partial charge in [0.15, 0.2) is 11.5 Å². The number of carbonyl (C=O) groups excluding carboxylic acids is 4. The van der Waals surface area contributed by atoms with Crippen LogP contribution in [0.1, 0.15) is 57.0 Å². The first-order valence-corrected chi connectivity index (χ1v) is 12.4. The molecule has 0 saturated heterocycles. The molecule has 0 fully saturated rings. The Morgan fingerprint density at radius 1 is 0.795 bits per heavy atom. The fraction of sp³-hybridized carbons (Fsp3) is 0.429. The van der Waals surface area contributed by atoms with Gasteiger partial charge in [-0.1, -0.05) is 24.3 Å². The van der Waals surface area contributed by atoms with E-state index in [4.69, 9.17) is 34.2 Å². The van der Waals surface area contributed by atoms with Crippen molar-refractivity contribution in [2.45, 2.75) is 71.3 Å². The van der Waals surface area contributed by atoms with Crippen molar-refractivity contribution in [1.29, 1.82) is 0 Å². The van der Waals surface area contributed by atoms with E-state index in [1.165, 1.54) is 25.3 Å². The van der Waals surface area contributed by atoms with Crippen molar-refractivity contribution in [1.82, 2.24) is 0 Å². The van der Waals surface area contributed by atoms with E-state index >= 15 is 0 Å². The number of rotatable bonds is 11. The van der Waals surface area contributed by atoms with Gasteiger partial charge in [-0.15, -0.1) is 0 Å². The highest BCUT2D eigenvalue weighted by Crippen LogP contribution is 2.32. The molecular weight excluding hydrogens is 510 g/mol. The monoisotopic (exact) mass is 545 g/mol. The second-order valence-corrected chi connectivity index (χ2v) is 9.43. The summed E-state index contributed by atoms with van der Waals surface area (Å²) < 4.78 is 30.9. The molecule has 0 heterocycles. The molecule has 2 rings (SSSR count). The quantitative estimate of drug-likeness (QED) is 0.240. The van der Waals surface area contributed by atoms with Crippen molar-refractivity contribution in [2.75, 3.05) is 7.11 Å². The molecule has 39 heavy (non-hydrogen) atoms. The molecule has 0 aromatic heterocycles. The van der Waals surface area contributed by atoms with Gasteiger partial charge in [0.25, 0.3) is 0 Å². The van der Waals surface area contributed by atoms with Crippen LogP contribution in [0.15, 0.2) is 48.5 Å². The third kappa shape index (κ3) is 9.93. The number of hydrogen-bond donors (Lipinski definition) is 1. The van der Waals surface area contributed by atoms with Gasteiger partial charge in [0.2, 0.25) is 0 Å². The molecule has 0 saturated carbocycles. The van der Waals surface area contributed by atoms with Crippen LogP contribution in [0, 0.1) is 0 Å². The fourth-order valence-corrected chi connectivity index (χ4v) is 3.61. The Morgan fingerprint density at radius 2 is 1.36 bits per heavy atom. The molecule has 0 aliphatic carbocycles. The lowest BCUT2D eigenvalue weighted by Gasteiger charge is -2.29. The zero-order valence-corrected chi connectivity index (χ0v) is 22.9. The van der Waals surface area contributed by atoms with Gasteiger partial charge < -0.3 is 34.2 Å². The molecule has 0 bridgehead atoms. The number of carbonyl (C=O) groups is 4. The molecular formula is C28H35NO10. The van der Waals surface area contributed by atoms with Crippen LogP contribution < -0.4 is 15.2 Å². The van der Waals surface area contributed by atoms with Gasteiger partial charge in [-0.25, -0.2) is 14.4 Å². The average Bonchev–Trinajstić information content (AvgIpc) is 2.84. The van der Waals surface area contributed by atoms with E-state index in [9.17, 15) is 19.2 Å². The van der Waals surface area contributed by atoms with E-state index in [-0.39, 0.29) is 24.3 Å². The van der Waals surface area contributed by atoms with Gasteiger partial charge in [-0.2, -0.15) is 0 Å². The molecule has 2 aromatic rings. The summed E-state index contributed by atoms with van der Waals surface area (Å²) in [6, 6.07) is 12.7. The molecule has 11 heteroatoms. The van der Waals surface area contributed by atoms with E-state index in [1.807, 2.05) is 0 Å². The Morgan fingerprint density at radius 3 is 1.90 bits per heavy atom.